The molecule has 0 spiro atoms. The summed E-state index contributed by atoms with van der Waals surface area (Å²) in [4.78, 5) is 73.5. The Morgan fingerprint density at radius 1 is 1.03 bits per heavy atom. The minimum Gasteiger partial charge on any atom is -0.408 e. The maximum atomic E-state index is 14.3. The lowest BCUT2D eigenvalue weighted by Crippen LogP contribution is -2.50. The summed E-state index contributed by atoms with van der Waals surface area (Å²) < 4.78 is 49.5. The van der Waals surface area contributed by atoms with Crippen LogP contribution in [0.1, 0.15) is 63.9 Å². The topological polar surface area (TPSA) is 269 Å². The largest absolute Gasteiger partial charge is 0.408 e. The van der Waals surface area contributed by atoms with Crippen LogP contribution in [0.5, 0.6) is 0 Å². The Labute approximate surface area is 371 Å². The molecule has 7 rings (SSSR count). The number of benzene rings is 1. The Morgan fingerprint density at radius 3 is 2.39 bits per heavy atom. The fourth-order valence-electron chi connectivity index (χ4n) is 6.88. The van der Waals surface area contributed by atoms with E-state index in [1.807, 2.05) is 13.1 Å². The zero-order chi connectivity index (χ0) is 44.7. The van der Waals surface area contributed by atoms with Gasteiger partial charge in [0.05, 0.1) is 25.4 Å². The molecular weight excluding hydrogens is 977 g/mol. The van der Waals surface area contributed by atoms with Gasteiger partial charge in [-0.15, -0.1) is 0 Å². The van der Waals surface area contributed by atoms with Gasteiger partial charge in [-0.05, 0) is 30.3 Å². The van der Waals surface area contributed by atoms with Gasteiger partial charge in [0.15, 0.2) is 56.9 Å². The number of H-pyrrole nitrogens is 1. The number of anilines is 2. The molecule has 2 amide bonds. The van der Waals surface area contributed by atoms with Gasteiger partial charge in [0.1, 0.15) is 30.7 Å². The highest BCUT2D eigenvalue weighted by atomic mass is 127. The van der Waals surface area contributed by atoms with Crippen molar-refractivity contribution >= 4 is 90.3 Å². The van der Waals surface area contributed by atoms with Gasteiger partial charge in [0.25, 0.3) is 11.5 Å². The minimum absolute atomic E-state index is 0.0459. The van der Waals surface area contributed by atoms with Gasteiger partial charge in [-0.25, -0.2) is 19.9 Å². The number of aromatic nitrogens is 8. The summed E-state index contributed by atoms with van der Waals surface area (Å²) in [7, 11) is -5.65. The number of aliphatic hydroxyl groups is 1. The van der Waals surface area contributed by atoms with Crippen molar-refractivity contribution in [3.05, 3.63) is 65.2 Å². The van der Waals surface area contributed by atoms with Gasteiger partial charge < -0.3 is 38.3 Å². The number of nitrogens with zero attached hydrogens (tertiary/aromatic N) is 7. The maximum absolute atomic E-state index is 14.3. The van der Waals surface area contributed by atoms with E-state index in [-0.39, 0.29) is 57.9 Å². The van der Waals surface area contributed by atoms with Crippen LogP contribution in [-0.2, 0) is 32.3 Å². The Morgan fingerprint density at radius 2 is 1.73 bits per heavy atom. The molecule has 0 saturated carbocycles. The normalized spacial score (nSPS) is 24.2. The summed E-state index contributed by atoms with van der Waals surface area (Å²) in [5.74, 6) is -1.08. The van der Waals surface area contributed by atoms with Crippen LogP contribution < -0.4 is 16.2 Å². The second kappa shape index (κ2) is 18.8. The fourth-order valence-corrected chi connectivity index (χ4v) is 10.8. The first-order chi connectivity index (χ1) is 29.3. The molecule has 6 heterocycles. The van der Waals surface area contributed by atoms with E-state index in [9.17, 15) is 28.9 Å². The number of halogens is 1. The van der Waals surface area contributed by atoms with Gasteiger partial charge in [-0.1, -0.05) is 52.8 Å². The third kappa shape index (κ3) is 9.87. The van der Waals surface area contributed by atoms with E-state index in [1.54, 1.807) is 70.8 Å². The number of imidazole rings is 2. The Bertz CT molecular complexity index is 2500. The van der Waals surface area contributed by atoms with Crippen LogP contribution in [0.3, 0.4) is 0 Å². The summed E-state index contributed by atoms with van der Waals surface area (Å²) in [6.45, 7) is 13.2. The highest BCUT2D eigenvalue weighted by molar-refractivity contribution is 14.2. The van der Waals surface area contributed by atoms with Crippen LogP contribution in [0, 0.1) is 5.92 Å². The fraction of sp³-hybridized carbons (Fsp3) is 0.514. The molecule has 2 unspecified atom stereocenters. The van der Waals surface area contributed by atoms with E-state index in [2.05, 4.69) is 61.3 Å². The molecule has 2 aliphatic heterocycles. The van der Waals surface area contributed by atoms with Gasteiger partial charge in [0, 0.05) is 46.1 Å². The van der Waals surface area contributed by atoms with Crippen LogP contribution in [0.4, 0.5) is 11.8 Å². The number of carbonyl (C=O) groups is 2. The van der Waals surface area contributed by atoms with Gasteiger partial charge in [-0.2, -0.15) is 4.98 Å². The van der Waals surface area contributed by atoms with Crippen molar-refractivity contribution in [2.45, 2.75) is 102 Å². The van der Waals surface area contributed by atoms with E-state index in [0.717, 1.165) is 0 Å². The van der Waals surface area contributed by atoms with Gasteiger partial charge >= 0.3 is 0 Å². The lowest BCUT2D eigenvalue weighted by Gasteiger charge is -2.40. The summed E-state index contributed by atoms with van der Waals surface area (Å²) in [6.07, 6.45) is -2.24. The molecule has 0 aliphatic carbocycles. The average Bonchev–Trinajstić information content (AvgIpc) is 3.99. The molecule has 62 heavy (non-hydrogen) atoms. The molecule has 1 aromatic carbocycles. The predicted octanol–water partition coefficient (Wildman–Crippen LogP) is 5.27. The molecule has 2 saturated heterocycles. The van der Waals surface area contributed by atoms with Crippen molar-refractivity contribution in [1.82, 2.24) is 39.0 Å². The van der Waals surface area contributed by atoms with Crippen molar-refractivity contribution in [3.8, 4) is 0 Å². The number of carbonyl (C=O) groups excluding carboxylic acids is 2. The average molecular weight is 1030 g/mol. The summed E-state index contributed by atoms with van der Waals surface area (Å²) in [5.41, 5.74) is 0.429. The molecule has 5 N–H and O–H groups in total. The lowest BCUT2D eigenvalue weighted by atomic mass is 10.1. The van der Waals surface area contributed by atoms with E-state index >= 15 is 0 Å². The number of ether oxygens (including phenoxy) is 2. The number of hydrogen-bond donors (Lipinski definition) is 5. The van der Waals surface area contributed by atoms with Crippen molar-refractivity contribution < 1.29 is 47.1 Å². The summed E-state index contributed by atoms with van der Waals surface area (Å²) in [6, 6.07) is 6.75. The molecule has 2 fully saturated rings. The molecule has 334 valence electrons. The predicted molar refractivity (Wildman–Crippen MR) is 240 cm³/mol. The maximum Gasteiger partial charge on any atom is 0.280 e. The smallest absolute Gasteiger partial charge is 0.280 e. The monoisotopic (exact) mass is 1030 g/mol. The molecule has 5 aromatic rings. The van der Waals surface area contributed by atoms with Crippen molar-refractivity contribution in [2.75, 3.05) is 23.4 Å². The van der Waals surface area contributed by atoms with Crippen LogP contribution in [0.2, 0.25) is 18.1 Å². The van der Waals surface area contributed by atoms with Gasteiger partial charge in [-0.3, -0.25) is 38.4 Å². The SMILES string of the molecule is CC(C)C(=O)Nc1nc2c(ncn2[C@@H]2O[C@H](CO)[C@@H](O[Si](C)(C)C(C)(C)C)[C@H]2O[PH](=O)C[C@@H]2C[C@@H](OP(O)I)[C@H](n3cnc4c(NC(=O)c5ccccc5)ncnc43)O2)c(=O)[nH]1. The highest BCUT2D eigenvalue weighted by Crippen LogP contribution is 2.50. The number of aliphatic hydroxyl groups excluding tert-OH is 1. The summed E-state index contributed by atoms with van der Waals surface area (Å²) >= 11 is 1.78. The number of nitrogens with one attached hydrogen (secondary N) is 3. The zero-order valence-corrected chi connectivity index (χ0v) is 39.9. The summed E-state index contributed by atoms with van der Waals surface area (Å²) in [5, 5.41) is 15.8. The first kappa shape index (κ1) is 46.4. The lowest BCUT2D eigenvalue weighted by molar-refractivity contribution is -0.118. The third-order valence-electron chi connectivity index (χ3n) is 11.1. The van der Waals surface area contributed by atoms with Crippen molar-refractivity contribution in [2.24, 2.45) is 5.92 Å². The molecule has 4 aromatic heterocycles. The van der Waals surface area contributed by atoms with Gasteiger partial charge in [0.2, 0.25) is 17.9 Å². The van der Waals surface area contributed by atoms with Crippen molar-refractivity contribution in [3.63, 3.8) is 0 Å². The standard InChI is InChI=1S/C37H49IN10O11P2Si/c1-19(2)31(50)45-36-44-30-25(33(52)46-36)42-18-48(30)35-27(26(23(14-49)56-35)59-62(6,7)37(3,4)5)58-60(53)15-21-13-22(57-61(38)54)34(55-21)47-17-41-24-28(39-16-40-29(24)47)43-32(51)20-11-9-8-10-12-20/h8-12,16-19,21-23,26-27,34-35,49,54,60H,13-15H2,1-7H3,(H,39,40,43,51)(H2,44,45,46,50,52)/t21-,22+,23+,26+,27+,34+,35+,61?/m0/s1. The number of amides is 2. The molecule has 9 atom stereocenters. The zero-order valence-electron chi connectivity index (χ0n) is 34.9. The Kier molecular flexibility index (Phi) is 14.1. The Hall–Kier alpha value is -3.61. The Balaban J connectivity index is 1.16. The molecular formula is C37H49IN10O11P2Si. The molecule has 25 heteroatoms. The van der Waals surface area contributed by atoms with Crippen LogP contribution in [0.25, 0.3) is 22.3 Å². The highest BCUT2D eigenvalue weighted by Gasteiger charge is 2.53. The van der Waals surface area contributed by atoms with E-state index in [1.165, 1.54) is 23.5 Å². The quantitative estimate of drug-likeness (QED) is 0.0508. The second-order valence-corrected chi connectivity index (χ2v) is 26.0. The molecule has 0 radical (unpaired) electrons. The van der Waals surface area contributed by atoms with Crippen LogP contribution in [0.15, 0.2) is 54.1 Å². The minimum atomic E-state index is -3.05. The first-order valence-corrected chi connectivity index (χ1v) is 28.2. The number of rotatable bonds is 15. The van der Waals surface area contributed by atoms with Crippen molar-refractivity contribution in [1.29, 1.82) is 0 Å². The molecule has 2 aliphatic rings. The van der Waals surface area contributed by atoms with E-state index in [0.29, 0.717) is 11.2 Å². The van der Waals surface area contributed by atoms with Crippen LogP contribution in [-0.4, -0.2) is 112 Å². The molecule has 21 nitrogen and oxygen atoms in total. The first-order valence-electron chi connectivity index (χ1n) is 19.8. The molecule has 0 bridgehead atoms. The number of fused-ring (bicyclic) bond motifs is 2. The second-order valence-electron chi connectivity index (χ2n) is 16.8. The van der Waals surface area contributed by atoms with E-state index < -0.39 is 83.4 Å². The van der Waals surface area contributed by atoms with E-state index in [4.69, 9.17) is 22.9 Å². The number of hydrogen-bond acceptors (Lipinski definition) is 16. The number of aromatic amines is 1. The van der Waals surface area contributed by atoms with Crippen LogP contribution >= 0.6 is 36.1 Å². The third-order valence-corrected chi connectivity index (χ3v) is 18.0.